The van der Waals surface area contributed by atoms with Crippen LogP contribution in [0.5, 0.6) is 0 Å². The van der Waals surface area contributed by atoms with Crippen LogP contribution in [0.4, 0.5) is 0 Å². The van der Waals surface area contributed by atoms with Crippen molar-refractivity contribution in [2.45, 2.75) is 32.1 Å². The van der Waals surface area contributed by atoms with Crippen LogP contribution >= 0.6 is 11.6 Å². The predicted molar refractivity (Wildman–Crippen MR) is 47.9 cm³/mol. The molecule has 1 N–H and O–H groups in total. The van der Waals surface area contributed by atoms with Gasteiger partial charge >= 0.3 is 0 Å². The van der Waals surface area contributed by atoms with Crippen molar-refractivity contribution >= 4 is 11.6 Å². The zero-order valence-electron chi connectivity index (χ0n) is 6.93. The Morgan fingerprint density at radius 3 is 2.64 bits per heavy atom. The van der Waals surface area contributed by atoms with Crippen LogP contribution in [0.25, 0.3) is 0 Å². The summed E-state index contributed by atoms with van der Waals surface area (Å²) in [5.41, 5.74) is 0. The minimum atomic E-state index is 0.339. The molecule has 0 aromatic heterocycles. The average molecular weight is 177 g/mol. The Bertz CT molecular complexity index is 106. The first-order valence-electron chi connectivity index (χ1n) is 4.55. The van der Waals surface area contributed by atoms with Crippen LogP contribution < -0.4 is 0 Å². The Morgan fingerprint density at radius 2 is 2.00 bits per heavy atom. The topological polar surface area (TPSA) is 20.2 Å². The SMILES string of the molecule is OCCCC1CCCC1CCl. The maximum atomic E-state index is 8.65. The normalized spacial score (nSPS) is 31.1. The molecular weight excluding hydrogens is 160 g/mol. The minimum Gasteiger partial charge on any atom is -0.396 e. The van der Waals surface area contributed by atoms with E-state index in [1.165, 1.54) is 25.7 Å². The van der Waals surface area contributed by atoms with Crippen molar-refractivity contribution in [1.82, 2.24) is 0 Å². The largest absolute Gasteiger partial charge is 0.396 e. The number of alkyl halides is 1. The molecule has 0 spiro atoms. The maximum absolute atomic E-state index is 8.65. The van der Waals surface area contributed by atoms with E-state index in [1.54, 1.807) is 0 Å². The molecule has 1 fully saturated rings. The second kappa shape index (κ2) is 5.00. The van der Waals surface area contributed by atoms with Crippen molar-refractivity contribution < 1.29 is 5.11 Å². The summed E-state index contributed by atoms with van der Waals surface area (Å²) in [5, 5.41) is 8.65. The summed E-state index contributed by atoms with van der Waals surface area (Å²) in [7, 11) is 0. The van der Waals surface area contributed by atoms with Crippen LogP contribution in [0.3, 0.4) is 0 Å². The van der Waals surface area contributed by atoms with Crippen LogP contribution in [0.1, 0.15) is 32.1 Å². The fourth-order valence-electron chi connectivity index (χ4n) is 2.05. The van der Waals surface area contributed by atoms with Gasteiger partial charge in [-0.25, -0.2) is 0 Å². The van der Waals surface area contributed by atoms with E-state index in [-0.39, 0.29) is 0 Å². The molecule has 0 aromatic carbocycles. The van der Waals surface area contributed by atoms with Gasteiger partial charge in [0, 0.05) is 12.5 Å². The molecule has 1 aliphatic rings. The third-order valence-electron chi connectivity index (χ3n) is 2.75. The second-order valence-electron chi connectivity index (χ2n) is 3.47. The highest BCUT2D eigenvalue weighted by atomic mass is 35.5. The van der Waals surface area contributed by atoms with Gasteiger partial charge in [0.05, 0.1) is 0 Å². The number of aliphatic hydroxyl groups is 1. The molecule has 0 aliphatic heterocycles. The first kappa shape index (κ1) is 9.34. The summed E-state index contributed by atoms with van der Waals surface area (Å²) in [6.45, 7) is 0.339. The van der Waals surface area contributed by atoms with Gasteiger partial charge in [-0.2, -0.15) is 0 Å². The van der Waals surface area contributed by atoms with E-state index in [9.17, 15) is 0 Å². The quantitative estimate of drug-likeness (QED) is 0.653. The molecule has 0 aromatic rings. The summed E-state index contributed by atoms with van der Waals surface area (Å²) in [4.78, 5) is 0. The van der Waals surface area contributed by atoms with Gasteiger partial charge in [0.1, 0.15) is 0 Å². The summed E-state index contributed by atoms with van der Waals surface area (Å²) < 4.78 is 0. The number of halogens is 1. The molecule has 11 heavy (non-hydrogen) atoms. The Balaban J connectivity index is 2.20. The molecule has 0 bridgehead atoms. The van der Waals surface area contributed by atoms with Crippen LogP contribution in [0.2, 0.25) is 0 Å². The first-order chi connectivity index (χ1) is 5.38. The zero-order chi connectivity index (χ0) is 8.10. The molecule has 1 rings (SSSR count). The third kappa shape index (κ3) is 2.64. The number of rotatable bonds is 4. The standard InChI is InChI=1S/C9H17ClO/c10-7-9-4-1-3-8(9)5-2-6-11/h8-9,11H,1-7H2. The van der Waals surface area contributed by atoms with Crippen molar-refractivity contribution in [1.29, 1.82) is 0 Å². The summed E-state index contributed by atoms with van der Waals surface area (Å²) in [6.07, 6.45) is 6.11. The highest BCUT2D eigenvalue weighted by Gasteiger charge is 2.25. The fraction of sp³-hybridized carbons (Fsp3) is 1.00. The minimum absolute atomic E-state index is 0.339. The summed E-state index contributed by atoms with van der Waals surface area (Å²) in [6, 6.07) is 0. The molecule has 1 nitrogen and oxygen atoms in total. The van der Waals surface area contributed by atoms with Gasteiger partial charge in [0.2, 0.25) is 0 Å². The van der Waals surface area contributed by atoms with Crippen molar-refractivity contribution in [3.63, 3.8) is 0 Å². The monoisotopic (exact) mass is 176 g/mol. The number of aliphatic hydroxyl groups excluding tert-OH is 1. The molecule has 2 unspecified atom stereocenters. The molecule has 2 atom stereocenters. The lowest BCUT2D eigenvalue weighted by molar-refractivity contribution is 0.261. The fourth-order valence-corrected chi connectivity index (χ4v) is 2.46. The van der Waals surface area contributed by atoms with Crippen LogP contribution in [0.15, 0.2) is 0 Å². The Hall–Kier alpha value is 0.250. The molecule has 0 amide bonds. The molecule has 0 radical (unpaired) electrons. The zero-order valence-corrected chi connectivity index (χ0v) is 7.69. The summed E-state index contributed by atoms with van der Waals surface area (Å²) in [5.74, 6) is 2.36. The highest BCUT2D eigenvalue weighted by molar-refractivity contribution is 6.18. The Labute approximate surface area is 73.8 Å². The van der Waals surface area contributed by atoms with Crippen LogP contribution in [-0.4, -0.2) is 17.6 Å². The van der Waals surface area contributed by atoms with Crippen molar-refractivity contribution in [3.05, 3.63) is 0 Å². The molecule has 0 saturated heterocycles. The number of hydrogen-bond donors (Lipinski definition) is 1. The molecule has 66 valence electrons. The van der Waals surface area contributed by atoms with Crippen molar-refractivity contribution in [3.8, 4) is 0 Å². The third-order valence-corrected chi connectivity index (χ3v) is 3.14. The first-order valence-corrected chi connectivity index (χ1v) is 5.08. The van der Waals surface area contributed by atoms with E-state index in [1.807, 2.05) is 0 Å². The van der Waals surface area contributed by atoms with Crippen LogP contribution in [-0.2, 0) is 0 Å². The van der Waals surface area contributed by atoms with E-state index >= 15 is 0 Å². The van der Waals surface area contributed by atoms with Gasteiger partial charge < -0.3 is 5.11 Å². The predicted octanol–water partition coefficient (Wildman–Crippen LogP) is 2.41. The van der Waals surface area contributed by atoms with E-state index in [0.29, 0.717) is 6.61 Å². The molecular formula is C9H17ClO. The second-order valence-corrected chi connectivity index (χ2v) is 3.78. The average Bonchev–Trinajstić information content (AvgIpc) is 2.47. The van der Waals surface area contributed by atoms with E-state index < -0.39 is 0 Å². The van der Waals surface area contributed by atoms with Gasteiger partial charge in [0.25, 0.3) is 0 Å². The van der Waals surface area contributed by atoms with E-state index in [2.05, 4.69) is 0 Å². The van der Waals surface area contributed by atoms with Crippen molar-refractivity contribution in [2.24, 2.45) is 11.8 Å². The van der Waals surface area contributed by atoms with Gasteiger partial charge in [0.15, 0.2) is 0 Å². The van der Waals surface area contributed by atoms with E-state index in [0.717, 1.165) is 24.1 Å². The summed E-state index contributed by atoms with van der Waals surface area (Å²) >= 11 is 5.82. The lowest BCUT2D eigenvalue weighted by Crippen LogP contribution is -2.09. The van der Waals surface area contributed by atoms with E-state index in [4.69, 9.17) is 16.7 Å². The highest BCUT2D eigenvalue weighted by Crippen LogP contribution is 2.35. The Kier molecular flexibility index (Phi) is 4.24. The van der Waals surface area contributed by atoms with Gasteiger partial charge in [-0.05, 0) is 31.1 Å². The smallest absolute Gasteiger partial charge is 0.0431 e. The number of hydrogen-bond acceptors (Lipinski definition) is 1. The lowest BCUT2D eigenvalue weighted by Gasteiger charge is -2.15. The maximum Gasteiger partial charge on any atom is 0.0431 e. The van der Waals surface area contributed by atoms with Crippen LogP contribution in [0, 0.1) is 11.8 Å². The molecule has 1 saturated carbocycles. The van der Waals surface area contributed by atoms with Gasteiger partial charge in [-0.3, -0.25) is 0 Å². The lowest BCUT2D eigenvalue weighted by atomic mass is 9.93. The van der Waals surface area contributed by atoms with Gasteiger partial charge in [-0.15, -0.1) is 11.6 Å². The molecule has 0 heterocycles. The molecule has 2 heteroatoms. The molecule has 1 aliphatic carbocycles. The van der Waals surface area contributed by atoms with Gasteiger partial charge in [-0.1, -0.05) is 12.8 Å². The Morgan fingerprint density at radius 1 is 1.27 bits per heavy atom. The van der Waals surface area contributed by atoms with Crippen molar-refractivity contribution in [2.75, 3.05) is 12.5 Å².